The molecule has 0 unspecified atom stereocenters. The van der Waals surface area contributed by atoms with E-state index in [9.17, 15) is 14.7 Å². The number of thiocarbonyl (C=S) groups is 1. The number of carboxylic acid groups (broad SMARTS) is 1. The van der Waals surface area contributed by atoms with E-state index in [1.165, 1.54) is 18.2 Å². The molecule has 8 nitrogen and oxygen atoms in total. The molecule has 1 amide bonds. The summed E-state index contributed by atoms with van der Waals surface area (Å²) in [6, 6.07) is 20.5. The number of amides is 1. The number of furan rings is 1. The number of anilines is 1. The molecule has 3 heterocycles. The van der Waals surface area contributed by atoms with Crippen LogP contribution in [0.25, 0.3) is 11.3 Å². The van der Waals surface area contributed by atoms with Gasteiger partial charge in [0, 0.05) is 30.4 Å². The Morgan fingerprint density at radius 1 is 1.13 bits per heavy atom. The molecule has 0 bridgehead atoms. The van der Waals surface area contributed by atoms with Gasteiger partial charge in [-0.1, -0.05) is 35.9 Å². The maximum Gasteiger partial charge on any atom is 0.335 e. The van der Waals surface area contributed by atoms with Crippen molar-refractivity contribution in [2.75, 3.05) is 11.9 Å². The summed E-state index contributed by atoms with van der Waals surface area (Å²) in [5.74, 6) is -0.197. The van der Waals surface area contributed by atoms with Gasteiger partial charge in [-0.3, -0.25) is 9.78 Å². The van der Waals surface area contributed by atoms with E-state index in [1.54, 1.807) is 12.3 Å². The predicted octanol–water partition coefficient (Wildman–Crippen LogP) is 6.00. The fourth-order valence-electron chi connectivity index (χ4n) is 4.61. The number of aromatic carboxylic acids is 1. The Balaban J connectivity index is 1.43. The lowest BCUT2D eigenvalue weighted by Crippen LogP contribution is -2.32. The van der Waals surface area contributed by atoms with E-state index in [4.69, 9.17) is 28.2 Å². The number of carbonyl (C=O) groups excluding carboxylic acids is 1. The molecule has 3 N–H and O–H groups in total. The average molecular weight is 561 g/mol. The molecule has 198 valence electrons. The van der Waals surface area contributed by atoms with Crippen molar-refractivity contribution in [2.24, 2.45) is 0 Å². The highest BCUT2D eigenvalue weighted by Gasteiger charge is 2.41. The average Bonchev–Trinajstić information content (AvgIpc) is 3.54. The minimum Gasteiger partial charge on any atom is -0.478 e. The molecule has 2 aromatic carbocycles. The molecule has 0 saturated carbocycles. The summed E-state index contributed by atoms with van der Waals surface area (Å²) >= 11 is 12.1. The second kappa shape index (κ2) is 11.3. The molecule has 1 aliphatic rings. The van der Waals surface area contributed by atoms with Gasteiger partial charge < -0.3 is 25.1 Å². The Morgan fingerprint density at radius 3 is 2.67 bits per heavy atom. The van der Waals surface area contributed by atoms with Gasteiger partial charge in [0.25, 0.3) is 0 Å². The van der Waals surface area contributed by atoms with Crippen LogP contribution >= 0.6 is 23.8 Å². The number of hydrogen-bond acceptors (Lipinski definition) is 5. The first kappa shape index (κ1) is 26.4. The number of para-hydroxylation sites is 1. The maximum absolute atomic E-state index is 12.8. The summed E-state index contributed by atoms with van der Waals surface area (Å²) < 4.78 is 6.27. The maximum atomic E-state index is 12.8. The van der Waals surface area contributed by atoms with Crippen LogP contribution in [-0.4, -0.2) is 38.5 Å². The zero-order chi connectivity index (χ0) is 27.5. The van der Waals surface area contributed by atoms with Gasteiger partial charge in [-0.2, -0.15) is 0 Å². The minimum atomic E-state index is -1.06. The van der Waals surface area contributed by atoms with Crippen LogP contribution < -0.4 is 10.6 Å². The van der Waals surface area contributed by atoms with E-state index in [1.807, 2.05) is 60.4 Å². The molecule has 1 aliphatic heterocycles. The van der Waals surface area contributed by atoms with Gasteiger partial charge in [0.2, 0.25) is 5.91 Å². The molecule has 1 saturated heterocycles. The van der Waals surface area contributed by atoms with E-state index in [2.05, 4.69) is 15.6 Å². The topological polar surface area (TPSA) is 108 Å². The van der Waals surface area contributed by atoms with E-state index in [-0.39, 0.29) is 23.9 Å². The Morgan fingerprint density at radius 2 is 1.92 bits per heavy atom. The predicted molar refractivity (Wildman–Crippen MR) is 153 cm³/mol. The molecule has 2 aromatic heterocycles. The summed E-state index contributed by atoms with van der Waals surface area (Å²) in [6.45, 7) is 2.28. The highest BCUT2D eigenvalue weighted by molar-refractivity contribution is 7.80. The summed E-state index contributed by atoms with van der Waals surface area (Å²) in [6.07, 6.45) is 1.90. The van der Waals surface area contributed by atoms with Crippen LogP contribution in [0, 0.1) is 6.92 Å². The quantitative estimate of drug-likeness (QED) is 0.225. The van der Waals surface area contributed by atoms with Crippen molar-refractivity contribution in [3.8, 4) is 11.3 Å². The van der Waals surface area contributed by atoms with Gasteiger partial charge in [-0.05, 0) is 73.2 Å². The van der Waals surface area contributed by atoms with Gasteiger partial charge in [-0.15, -0.1) is 0 Å². The number of benzene rings is 2. The van der Waals surface area contributed by atoms with Crippen LogP contribution in [-0.2, 0) is 4.79 Å². The van der Waals surface area contributed by atoms with Gasteiger partial charge in [0.15, 0.2) is 5.11 Å². The van der Waals surface area contributed by atoms with Crippen LogP contribution in [0.3, 0.4) is 0 Å². The molecule has 10 heteroatoms. The third kappa shape index (κ3) is 5.64. The second-order valence-corrected chi connectivity index (χ2v) is 9.93. The van der Waals surface area contributed by atoms with Crippen molar-refractivity contribution in [3.05, 3.63) is 107 Å². The lowest BCUT2D eigenvalue weighted by Gasteiger charge is -2.26. The van der Waals surface area contributed by atoms with Gasteiger partial charge in [-0.25, -0.2) is 4.79 Å². The molecule has 0 aliphatic carbocycles. The Labute approximate surface area is 235 Å². The van der Waals surface area contributed by atoms with Crippen molar-refractivity contribution < 1.29 is 19.1 Å². The highest BCUT2D eigenvalue weighted by atomic mass is 35.5. The smallest absolute Gasteiger partial charge is 0.335 e. The van der Waals surface area contributed by atoms with Crippen molar-refractivity contribution in [3.63, 3.8) is 0 Å². The number of pyridine rings is 1. The Hall–Kier alpha value is -4.21. The van der Waals surface area contributed by atoms with E-state index in [0.717, 1.165) is 16.9 Å². The summed E-state index contributed by atoms with van der Waals surface area (Å²) in [4.78, 5) is 30.8. The van der Waals surface area contributed by atoms with E-state index >= 15 is 0 Å². The van der Waals surface area contributed by atoms with Gasteiger partial charge in [0.05, 0.1) is 22.3 Å². The Bertz CT molecular complexity index is 1540. The molecule has 5 rings (SSSR count). The van der Waals surface area contributed by atoms with Crippen LogP contribution in [0.4, 0.5) is 5.69 Å². The van der Waals surface area contributed by atoms with Crippen LogP contribution in [0.1, 0.15) is 45.9 Å². The highest BCUT2D eigenvalue weighted by Crippen LogP contribution is 2.41. The third-order valence-electron chi connectivity index (χ3n) is 6.59. The molecule has 0 radical (unpaired) electrons. The van der Waals surface area contributed by atoms with Gasteiger partial charge >= 0.3 is 5.97 Å². The third-order valence-corrected chi connectivity index (χ3v) is 7.28. The van der Waals surface area contributed by atoms with E-state index in [0.29, 0.717) is 33.8 Å². The largest absolute Gasteiger partial charge is 0.478 e. The molecule has 2 atom stereocenters. The molecule has 1 fully saturated rings. The summed E-state index contributed by atoms with van der Waals surface area (Å²) in [7, 11) is 0. The number of carbonyl (C=O) groups is 2. The first-order valence-electron chi connectivity index (χ1n) is 12.3. The van der Waals surface area contributed by atoms with Crippen molar-refractivity contribution in [1.82, 2.24) is 15.2 Å². The van der Waals surface area contributed by atoms with Crippen LogP contribution in [0.15, 0.2) is 83.4 Å². The first-order valence-corrected chi connectivity index (χ1v) is 13.1. The fourth-order valence-corrected chi connectivity index (χ4v) is 5.15. The second-order valence-electron chi connectivity index (χ2n) is 9.13. The number of halogens is 1. The Kier molecular flexibility index (Phi) is 7.63. The standard InChI is InChI=1S/C29H25ClN4O4S/c1-17-6-2-3-7-21(17)32-25(35)13-15-34-27(26(33-29(34)39)22-8-4-5-14-31-22)24-12-11-23(38-24)19-16-18(28(36)37)9-10-20(19)30/h2-12,14,16,26-27H,13,15H2,1H3,(H,32,35)(H,33,39)(H,36,37)/t26-,27-/m1/s1. The minimum absolute atomic E-state index is 0.101. The number of aryl methyl sites for hydroxylation is 1. The fraction of sp³-hybridized carbons (Fsp3) is 0.172. The number of hydrogen-bond donors (Lipinski definition) is 3. The molecule has 39 heavy (non-hydrogen) atoms. The van der Waals surface area contributed by atoms with Crippen molar-refractivity contribution >= 4 is 46.5 Å². The van der Waals surface area contributed by atoms with E-state index < -0.39 is 12.0 Å². The number of nitrogens with zero attached hydrogens (tertiary/aromatic N) is 2. The molecule has 0 spiro atoms. The first-order chi connectivity index (χ1) is 18.8. The zero-order valence-electron chi connectivity index (χ0n) is 20.9. The summed E-state index contributed by atoms with van der Waals surface area (Å²) in [5.41, 5.74) is 3.08. The van der Waals surface area contributed by atoms with Crippen molar-refractivity contribution in [2.45, 2.75) is 25.4 Å². The molecular weight excluding hydrogens is 536 g/mol. The monoisotopic (exact) mass is 560 g/mol. The number of rotatable bonds is 8. The molecule has 4 aromatic rings. The normalized spacial score (nSPS) is 16.7. The van der Waals surface area contributed by atoms with Crippen molar-refractivity contribution in [1.29, 1.82) is 0 Å². The number of nitrogens with one attached hydrogen (secondary N) is 2. The molecular formula is C29H25ClN4O4S. The summed E-state index contributed by atoms with van der Waals surface area (Å²) in [5, 5.41) is 16.6. The lowest BCUT2D eigenvalue weighted by molar-refractivity contribution is -0.116. The van der Waals surface area contributed by atoms with Crippen LogP contribution in [0.2, 0.25) is 5.02 Å². The number of carboxylic acids is 1. The van der Waals surface area contributed by atoms with Crippen LogP contribution in [0.5, 0.6) is 0 Å². The lowest BCUT2D eigenvalue weighted by atomic mass is 10.0. The number of aromatic nitrogens is 1. The zero-order valence-corrected chi connectivity index (χ0v) is 22.5. The SMILES string of the molecule is Cc1ccccc1NC(=O)CCN1C(=S)N[C@H](c2ccccn2)[C@H]1c1ccc(-c2cc(C(=O)O)ccc2Cl)o1. The van der Waals surface area contributed by atoms with Gasteiger partial charge in [0.1, 0.15) is 17.6 Å².